The molecule has 0 saturated heterocycles. The number of nitrogens with one attached hydrogen (secondary N) is 2. The first kappa shape index (κ1) is 25.5. The molecule has 1 heterocycles. The lowest BCUT2D eigenvalue weighted by Gasteiger charge is -2.18. The standard InChI is InChI=1S/C28H31N3O4/c1-4-20-9-6-13-23(18-20)29-27(33)24-14-8-16-31(24)15-7-11-21-10-5-12-22(17-21)26(32)30-25(19(2)3)28(34)35/h5-14,16-19,25H,4,15H2,1-3H3,(H,29,33)(H,30,32)(H,34,35)/b11-7+/t25-/m0/s1. The number of carboxylic acids is 1. The molecule has 3 rings (SSSR count). The number of anilines is 1. The summed E-state index contributed by atoms with van der Waals surface area (Å²) in [5, 5.41) is 14.8. The molecule has 0 unspecified atom stereocenters. The summed E-state index contributed by atoms with van der Waals surface area (Å²) >= 11 is 0. The SMILES string of the molecule is CCc1cccc(NC(=O)c2cccn2C/C=C/c2cccc(C(=O)N[C@H](C(=O)O)C(C)C)c2)c1. The van der Waals surface area contributed by atoms with Gasteiger partial charge < -0.3 is 20.3 Å². The predicted molar refractivity (Wildman–Crippen MR) is 137 cm³/mol. The highest BCUT2D eigenvalue weighted by Gasteiger charge is 2.23. The first-order valence-corrected chi connectivity index (χ1v) is 11.6. The van der Waals surface area contributed by atoms with Crippen molar-refractivity contribution in [2.45, 2.75) is 39.8 Å². The van der Waals surface area contributed by atoms with Gasteiger partial charge in [0.1, 0.15) is 11.7 Å². The molecule has 2 aromatic carbocycles. The second-order valence-corrected chi connectivity index (χ2v) is 8.62. The summed E-state index contributed by atoms with van der Waals surface area (Å²) in [5.41, 5.74) is 3.63. The van der Waals surface area contributed by atoms with Crippen LogP contribution in [-0.2, 0) is 17.8 Å². The van der Waals surface area contributed by atoms with E-state index in [1.165, 1.54) is 0 Å². The highest BCUT2D eigenvalue weighted by molar-refractivity contribution is 6.03. The lowest BCUT2D eigenvalue weighted by atomic mass is 10.0. The van der Waals surface area contributed by atoms with E-state index in [0.717, 1.165) is 23.2 Å². The summed E-state index contributed by atoms with van der Waals surface area (Å²) in [6.45, 7) is 6.03. The zero-order valence-corrected chi connectivity index (χ0v) is 20.2. The molecule has 0 bridgehead atoms. The Morgan fingerprint density at radius 3 is 2.49 bits per heavy atom. The average Bonchev–Trinajstić information content (AvgIpc) is 3.31. The Morgan fingerprint density at radius 1 is 1.00 bits per heavy atom. The molecule has 0 radical (unpaired) electrons. The molecule has 7 nitrogen and oxygen atoms in total. The minimum atomic E-state index is -1.06. The Bertz CT molecular complexity index is 1230. The van der Waals surface area contributed by atoms with Crippen LogP contribution in [0.15, 0.2) is 72.9 Å². The topological polar surface area (TPSA) is 100 Å². The quantitative estimate of drug-likeness (QED) is 0.392. The van der Waals surface area contributed by atoms with Crippen molar-refractivity contribution in [3.63, 3.8) is 0 Å². The van der Waals surface area contributed by atoms with E-state index < -0.39 is 17.9 Å². The van der Waals surface area contributed by atoms with Crippen LogP contribution in [0, 0.1) is 5.92 Å². The number of hydrogen-bond acceptors (Lipinski definition) is 3. The van der Waals surface area contributed by atoms with Crippen LogP contribution in [0.25, 0.3) is 6.08 Å². The molecule has 2 amide bonds. The fourth-order valence-corrected chi connectivity index (χ4v) is 3.67. The third kappa shape index (κ3) is 6.93. The van der Waals surface area contributed by atoms with Gasteiger partial charge >= 0.3 is 5.97 Å². The number of aryl methyl sites for hydroxylation is 1. The third-order valence-corrected chi connectivity index (χ3v) is 5.64. The zero-order valence-electron chi connectivity index (χ0n) is 20.2. The summed E-state index contributed by atoms with van der Waals surface area (Å²) in [4.78, 5) is 36.7. The van der Waals surface area contributed by atoms with Crippen molar-refractivity contribution in [3.05, 3.63) is 95.3 Å². The summed E-state index contributed by atoms with van der Waals surface area (Å²) in [5.74, 6) is -1.91. The van der Waals surface area contributed by atoms with E-state index >= 15 is 0 Å². The van der Waals surface area contributed by atoms with Crippen LogP contribution in [0.4, 0.5) is 5.69 Å². The van der Waals surface area contributed by atoms with E-state index in [9.17, 15) is 19.5 Å². The van der Waals surface area contributed by atoms with Crippen molar-refractivity contribution in [2.75, 3.05) is 5.32 Å². The van der Waals surface area contributed by atoms with Gasteiger partial charge in [-0.1, -0.05) is 57.2 Å². The Hall–Kier alpha value is -4.13. The lowest BCUT2D eigenvalue weighted by molar-refractivity contribution is -0.140. The number of allylic oxidation sites excluding steroid dienone is 1. The summed E-state index contributed by atoms with van der Waals surface area (Å²) < 4.78 is 1.84. The lowest BCUT2D eigenvalue weighted by Crippen LogP contribution is -2.44. The number of benzene rings is 2. The highest BCUT2D eigenvalue weighted by atomic mass is 16.4. The summed E-state index contributed by atoms with van der Waals surface area (Å²) in [6, 6.07) is 17.4. The van der Waals surface area contributed by atoms with E-state index in [2.05, 4.69) is 17.6 Å². The monoisotopic (exact) mass is 473 g/mol. The van der Waals surface area contributed by atoms with E-state index in [1.807, 2.05) is 59.3 Å². The van der Waals surface area contributed by atoms with Crippen LogP contribution in [-0.4, -0.2) is 33.5 Å². The second kappa shape index (κ2) is 11.8. The molecule has 3 N–H and O–H groups in total. The molecule has 0 saturated carbocycles. The molecule has 0 spiro atoms. The fraction of sp³-hybridized carbons (Fsp3) is 0.250. The normalized spacial score (nSPS) is 12.0. The number of carboxylic acid groups (broad SMARTS) is 1. The van der Waals surface area contributed by atoms with Crippen LogP contribution in [0.2, 0.25) is 0 Å². The second-order valence-electron chi connectivity index (χ2n) is 8.62. The van der Waals surface area contributed by atoms with Gasteiger partial charge in [-0.3, -0.25) is 9.59 Å². The number of hydrogen-bond donors (Lipinski definition) is 3. The summed E-state index contributed by atoms with van der Waals surface area (Å²) in [7, 11) is 0. The number of rotatable bonds is 10. The third-order valence-electron chi connectivity index (χ3n) is 5.64. The molecule has 0 fully saturated rings. The maximum atomic E-state index is 12.8. The van der Waals surface area contributed by atoms with Crippen LogP contribution >= 0.6 is 0 Å². The van der Waals surface area contributed by atoms with Gasteiger partial charge in [-0.2, -0.15) is 0 Å². The molecule has 0 aliphatic heterocycles. The number of nitrogens with zero attached hydrogens (tertiary/aromatic N) is 1. The maximum absolute atomic E-state index is 12.8. The minimum absolute atomic E-state index is 0.187. The highest BCUT2D eigenvalue weighted by Crippen LogP contribution is 2.14. The van der Waals surface area contributed by atoms with Gasteiger partial charge in [0.25, 0.3) is 11.8 Å². The molecule has 3 aromatic rings. The molecule has 1 aromatic heterocycles. The van der Waals surface area contributed by atoms with Crippen molar-refractivity contribution in [3.8, 4) is 0 Å². The molecule has 7 heteroatoms. The van der Waals surface area contributed by atoms with E-state index in [4.69, 9.17) is 0 Å². The number of amides is 2. The largest absolute Gasteiger partial charge is 0.480 e. The zero-order chi connectivity index (χ0) is 25.4. The van der Waals surface area contributed by atoms with Crippen LogP contribution in [0.5, 0.6) is 0 Å². The molecule has 0 aliphatic rings. The molecular formula is C28H31N3O4. The fourth-order valence-electron chi connectivity index (χ4n) is 3.67. The van der Waals surface area contributed by atoms with Gasteiger partial charge in [0, 0.05) is 24.0 Å². The van der Waals surface area contributed by atoms with E-state index in [-0.39, 0.29) is 11.8 Å². The molecule has 1 atom stereocenters. The van der Waals surface area contributed by atoms with Crippen molar-refractivity contribution < 1.29 is 19.5 Å². The summed E-state index contributed by atoms with van der Waals surface area (Å²) in [6.07, 6.45) is 6.50. The van der Waals surface area contributed by atoms with Crippen molar-refractivity contribution >= 4 is 29.5 Å². The Morgan fingerprint density at radius 2 is 1.77 bits per heavy atom. The molecular weight excluding hydrogens is 442 g/mol. The first-order chi connectivity index (χ1) is 16.8. The van der Waals surface area contributed by atoms with Crippen LogP contribution in [0.1, 0.15) is 52.7 Å². The maximum Gasteiger partial charge on any atom is 0.326 e. The van der Waals surface area contributed by atoms with Crippen molar-refractivity contribution in [1.82, 2.24) is 9.88 Å². The van der Waals surface area contributed by atoms with E-state index in [1.54, 1.807) is 38.1 Å². The molecule has 182 valence electrons. The van der Waals surface area contributed by atoms with Crippen molar-refractivity contribution in [2.24, 2.45) is 5.92 Å². The number of carbonyl (C=O) groups is 3. The molecule has 35 heavy (non-hydrogen) atoms. The Labute approximate surface area is 205 Å². The van der Waals surface area contributed by atoms with Gasteiger partial charge in [-0.15, -0.1) is 0 Å². The molecule has 0 aliphatic carbocycles. The Balaban J connectivity index is 1.65. The van der Waals surface area contributed by atoms with Gasteiger partial charge in [-0.25, -0.2) is 4.79 Å². The van der Waals surface area contributed by atoms with Gasteiger partial charge in [0.05, 0.1) is 0 Å². The number of aromatic nitrogens is 1. The predicted octanol–water partition coefficient (Wildman–Crippen LogP) is 4.86. The van der Waals surface area contributed by atoms with Gasteiger partial charge in [-0.05, 0) is 59.9 Å². The Kier molecular flexibility index (Phi) is 8.62. The van der Waals surface area contributed by atoms with E-state index in [0.29, 0.717) is 17.8 Å². The van der Waals surface area contributed by atoms with Crippen LogP contribution in [0.3, 0.4) is 0 Å². The minimum Gasteiger partial charge on any atom is -0.480 e. The van der Waals surface area contributed by atoms with Crippen molar-refractivity contribution in [1.29, 1.82) is 0 Å². The number of aliphatic carboxylic acids is 1. The smallest absolute Gasteiger partial charge is 0.326 e. The first-order valence-electron chi connectivity index (χ1n) is 11.6. The van der Waals surface area contributed by atoms with Gasteiger partial charge in [0.2, 0.25) is 0 Å². The number of carbonyl (C=O) groups excluding carboxylic acids is 2. The van der Waals surface area contributed by atoms with Crippen LogP contribution < -0.4 is 10.6 Å². The average molecular weight is 474 g/mol. The van der Waals surface area contributed by atoms with Gasteiger partial charge in [0.15, 0.2) is 0 Å².